The van der Waals surface area contributed by atoms with Gasteiger partial charge in [-0.3, -0.25) is 14.4 Å². The fourth-order valence-electron chi connectivity index (χ4n) is 3.49. The molecule has 0 saturated carbocycles. The minimum atomic E-state index is -4.73. The topological polar surface area (TPSA) is 41.4 Å². The first-order chi connectivity index (χ1) is 14.0. The first kappa shape index (κ1) is 22.8. The Morgan fingerprint density at radius 1 is 1.17 bits per heavy atom. The van der Waals surface area contributed by atoms with E-state index in [1.807, 2.05) is 6.92 Å². The number of hydrogen-bond acceptors (Lipinski definition) is 3. The number of carbonyl (C=O) groups is 1. The van der Waals surface area contributed by atoms with Gasteiger partial charge >= 0.3 is 6.18 Å². The molecule has 1 aliphatic heterocycles. The van der Waals surface area contributed by atoms with E-state index in [2.05, 4.69) is 10.00 Å². The number of nitrogens with zero attached hydrogens (tertiary/aromatic N) is 4. The molecule has 11 heteroatoms. The van der Waals surface area contributed by atoms with Gasteiger partial charge in [0.2, 0.25) is 0 Å². The standard InChI is InChI=1S/C19H20Cl2F4N4O/c1-11-14(17(21)27(2)26-11)10-28-4-3-5-29(7-6-28)18(30)13-8-12(19(23,24)25)9-15(20)16(13)22/h8-9H,3-7,10H2,1-2H3. The largest absolute Gasteiger partial charge is 0.416 e. The van der Waals surface area contributed by atoms with E-state index in [-0.39, 0.29) is 6.54 Å². The van der Waals surface area contributed by atoms with E-state index in [1.54, 1.807) is 11.7 Å². The van der Waals surface area contributed by atoms with Gasteiger partial charge in [0.25, 0.3) is 5.91 Å². The number of aromatic nitrogens is 2. The van der Waals surface area contributed by atoms with Crippen LogP contribution in [0.5, 0.6) is 0 Å². The maximum atomic E-state index is 14.4. The lowest BCUT2D eigenvalue weighted by atomic mass is 10.1. The Kier molecular flexibility index (Phi) is 6.64. The molecule has 1 fully saturated rings. The maximum Gasteiger partial charge on any atom is 0.416 e. The van der Waals surface area contributed by atoms with Crippen molar-refractivity contribution in [1.82, 2.24) is 19.6 Å². The van der Waals surface area contributed by atoms with E-state index in [0.717, 1.165) is 11.3 Å². The molecule has 0 bridgehead atoms. The minimum Gasteiger partial charge on any atom is -0.337 e. The van der Waals surface area contributed by atoms with Crippen molar-refractivity contribution >= 4 is 29.1 Å². The van der Waals surface area contributed by atoms with Crippen molar-refractivity contribution in [2.24, 2.45) is 7.05 Å². The third kappa shape index (κ3) is 4.73. The van der Waals surface area contributed by atoms with Crippen LogP contribution in [0.15, 0.2) is 12.1 Å². The van der Waals surface area contributed by atoms with Crippen molar-refractivity contribution in [2.75, 3.05) is 26.2 Å². The van der Waals surface area contributed by atoms with Gasteiger partial charge in [-0.25, -0.2) is 4.39 Å². The zero-order chi connectivity index (χ0) is 22.2. The fourth-order valence-corrected chi connectivity index (χ4v) is 3.94. The normalized spacial score (nSPS) is 16.1. The number of rotatable bonds is 3. The van der Waals surface area contributed by atoms with Crippen molar-refractivity contribution in [1.29, 1.82) is 0 Å². The molecule has 2 aromatic rings. The molecule has 0 N–H and O–H groups in total. The lowest BCUT2D eigenvalue weighted by molar-refractivity contribution is -0.137. The second-order valence-corrected chi connectivity index (χ2v) is 7.98. The number of aryl methyl sites for hydroxylation is 2. The highest BCUT2D eigenvalue weighted by Crippen LogP contribution is 2.34. The average Bonchev–Trinajstić information content (AvgIpc) is 2.83. The summed E-state index contributed by atoms with van der Waals surface area (Å²) in [6.45, 7) is 4.04. The Labute approximate surface area is 181 Å². The van der Waals surface area contributed by atoms with Crippen LogP contribution in [-0.4, -0.2) is 51.7 Å². The van der Waals surface area contributed by atoms with E-state index in [0.29, 0.717) is 49.9 Å². The zero-order valence-corrected chi connectivity index (χ0v) is 17.9. The summed E-state index contributed by atoms with van der Waals surface area (Å²) in [5.74, 6) is -1.95. The molecule has 164 valence electrons. The van der Waals surface area contributed by atoms with Gasteiger partial charge < -0.3 is 4.90 Å². The van der Waals surface area contributed by atoms with E-state index in [9.17, 15) is 22.4 Å². The summed E-state index contributed by atoms with van der Waals surface area (Å²) < 4.78 is 55.1. The van der Waals surface area contributed by atoms with E-state index in [4.69, 9.17) is 23.2 Å². The predicted octanol–water partition coefficient (Wildman–Crippen LogP) is 4.54. The number of benzene rings is 1. The molecule has 0 radical (unpaired) electrons. The predicted molar refractivity (Wildman–Crippen MR) is 105 cm³/mol. The molecule has 2 heterocycles. The first-order valence-electron chi connectivity index (χ1n) is 9.25. The summed E-state index contributed by atoms with van der Waals surface area (Å²) in [5, 5.41) is 4.08. The van der Waals surface area contributed by atoms with Gasteiger partial charge in [0, 0.05) is 45.3 Å². The van der Waals surface area contributed by atoms with Crippen LogP contribution in [0.2, 0.25) is 10.2 Å². The van der Waals surface area contributed by atoms with Crippen LogP contribution >= 0.6 is 23.2 Å². The van der Waals surface area contributed by atoms with Gasteiger partial charge in [0.05, 0.1) is 21.8 Å². The highest BCUT2D eigenvalue weighted by Gasteiger charge is 2.34. The van der Waals surface area contributed by atoms with Gasteiger partial charge in [0.1, 0.15) is 5.15 Å². The first-order valence-corrected chi connectivity index (χ1v) is 10.0. The molecule has 1 aromatic heterocycles. The van der Waals surface area contributed by atoms with Crippen LogP contribution < -0.4 is 0 Å². The van der Waals surface area contributed by atoms with E-state index < -0.39 is 34.1 Å². The molecule has 1 aliphatic rings. The smallest absolute Gasteiger partial charge is 0.337 e. The quantitative estimate of drug-likeness (QED) is 0.623. The van der Waals surface area contributed by atoms with Gasteiger partial charge in [-0.1, -0.05) is 23.2 Å². The molecule has 3 rings (SSSR count). The van der Waals surface area contributed by atoms with E-state index >= 15 is 0 Å². The molecule has 1 amide bonds. The highest BCUT2D eigenvalue weighted by molar-refractivity contribution is 6.31. The van der Waals surface area contributed by atoms with Crippen molar-refractivity contribution < 1.29 is 22.4 Å². The Morgan fingerprint density at radius 3 is 2.47 bits per heavy atom. The van der Waals surface area contributed by atoms with Crippen molar-refractivity contribution in [3.63, 3.8) is 0 Å². The molecule has 30 heavy (non-hydrogen) atoms. The lowest BCUT2D eigenvalue weighted by Crippen LogP contribution is -2.35. The number of amides is 1. The van der Waals surface area contributed by atoms with Crippen molar-refractivity contribution in [3.8, 4) is 0 Å². The molecule has 0 unspecified atom stereocenters. The Morgan fingerprint density at radius 2 is 1.87 bits per heavy atom. The van der Waals surface area contributed by atoms with Gasteiger partial charge in [-0.05, 0) is 25.5 Å². The zero-order valence-electron chi connectivity index (χ0n) is 16.4. The molecular formula is C19H20Cl2F4N4O. The SMILES string of the molecule is Cc1nn(C)c(Cl)c1CN1CCCN(C(=O)c2cc(C(F)(F)F)cc(Cl)c2F)CC1. The van der Waals surface area contributed by atoms with Crippen LogP contribution in [0.25, 0.3) is 0 Å². The van der Waals surface area contributed by atoms with Crippen LogP contribution in [0.1, 0.15) is 33.6 Å². The summed E-state index contributed by atoms with van der Waals surface area (Å²) >= 11 is 11.9. The third-order valence-corrected chi connectivity index (χ3v) is 5.86. The number of alkyl halides is 3. The summed E-state index contributed by atoms with van der Waals surface area (Å²) in [6, 6.07) is 1.00. The van der Waals surface area contributed by atoms with Crippen LogP contribution in [-0.2, 0) is 19.8 Å². The second kappa shape index (κ2) is 8.72. The highest BCUT2D eigenvalue weighted by atomic mass is 35.5. The summed E-state index contributed by atoms with van der Waals surface area (Å²) in [7, 11) is 1.75. The van der Waals surface area contributed by atoms with Crippen molar-refractivity contribution in [3.05, 3.63) is 50.5 Å². The summed E-state index contributed by atoms with van der Waals surface area (Å²) in [4.78, 5) is 16.2. The third-order valence-electron chi connectivity index (χ3n) is 5.11. The Hall–Kier alpha value is -1.84. The van der Waals surface area contributed by atoms with Crippen molar-refractivity contribution in [2.45, 2.75) is 26.1 Å². The maximum absolute atomic E-state index is 14.4. The lowest BCUT2D eigenvalue weighted by Gasteiger charge is -2.23. The summed E-state index contributed by atoms with van der Waals surface area (Å²) in [5.41, 5.74) is -0.139. The number of halogens is 6. The van der Waals surface area contributed by atoms with Crippen LogP contribution in [0.3, 0.4) is 0 Å². The Balaban J connectivity index is 1.75. The number of carbonyl (C=O) groups excluding carboxylic acids is 1. The van der Waals surface area contributed by atoms with Crippen LogP contribution in [0.4, 0.5) is 17.6 Å². The molecule has 0 atom stereocenters. The molecule has 0 aliphatic carbocycles. The van der Waals surface area contributed by atoms with Gasteiger partial charge in [0.15, 0.2) is 5.82 Å². The van der Waals surface area contributed by atoms with E-state index in [1.165, 1.54) is 4.90 Å². The molecule has 1 saturated heterocycles. The number of hydrogen-bond donors (Lipinski definition) is 0. The summed E-state index contributed by atoms with van der Waals surface area (Å²) in [6.07, 6.45) is -4.15. The molecule has 0 spiro atoms. The van der Waals surface area contributed by atoms with Crippen LogP contribution in [0, 0.1) is 12.7 Å². The van der Waals surface area contributed by atoms with Gasteiger partial charge in [-0.15, -0.1) is 0 Å². The average molecular weight is 467 g/mol. The molecular weight excluding hydrogens is 447 g/mol. The fraction of sp³-hybridized carbons (Fsp3) is 0.474. The minimum absolute atomic E-state index is 0.239. The Bertz CT molecular complexity index is 961. The molecule has 5 nitrogen and oxygen atoms in total. The second-order valence-electron chi connectivity index (χ2n) is 7.22. The monoisotopic (exact) mass is 466 g/mol. The molecule has 1 aromatic carbocycles. The van der Waals surface area contributed by atoms with Gasteiger partial charge in [-0.2, -0.15) is 18.3 Å².